The lowest BCUT2D eigenvalue weighted by Crippen LogP contribution is -1.95. The van der Waals surface area contributed by atoms with Crippen molar-refractivity contribution in [1.82, 2.24) is 0 Å². The maximum absolute atomic E-state index is 10.8. The van der Waals surface area contributed by atoms with Gasteiger partial charge >= 0.3 is 0 Å². The van der Waals surface area contributed by atoms with Crippen LogP contribution in [-0.4, -0.2) is 35.6 Å². The van der Waals surface area contributed by atoms with Gasteiger partial charge in [0.2, 0.25) is 0 Å². The molecule has 0 spiro atoms. The Bertz CT molecular complexity index is 922. The highest BCUT2D eigenvalue weighted by Crippen LogP contribution is 2.05. The van der Waals surface area contributed by atoms with Crippen LogP contribution in [0.3, 0.4) is 0 Å². The molecule has 0 saturated heterocycles. The molecule has 3 aromatic carbocycles. The van der Waals surface area contributed by atoms with E-state index in [4.69, 9.17) is 0 Å². The SMILES string of the molecule is CS(=O)(=O)c1ccccc1.CS(=O)c1ccccc1.CS(=O)c1ccccc1. The molecule has 0 aliphatic carbocycles. The van der Waals surface area contributed by atoms with Crippen LogP contribution in [0.25, 0.3) is 0 Å². The smallest absolute Gasteiger partial charge is 0.175 e. The summed E-state index contributed by atoms with van der Waals surface area (Å²) < 4.78 is 43.2. The van der Waals surface area contributed by atoms with Gasteiger partial charge in [-0.05, 0) is 36.4 Å². The minimum atomic E-state index is -3.00. The van der Waals surface area contributed by atoms with E-state index in [1.807, 2.05) is 60.7 Å². The summed E-state index contributed by atoms with van der Waals surface area (Å²) in [7, 11) is -4.66. The number of hydrogen-bond acceptors (Lipinski definition) is 4. The summed E-state index contributed by atoms with van der Waals surface area (Å²) in [5.74, 6) is 0. The summed E-state index contributed by atoms with van der Waals surface area (Å²) in [6.07, 6.45) is 4.55. The predicted octanol–water partition coefficient (Wildman–Crippen LogP) is 3.94. The van der Waals surface area contributed by atoms with E-state index < -0.39 is 31.4 Å². The Labute approximate surface area is 172 Å². The van der Waals surface area contributed by atoms with Crippen molar-refractivity contribution in [1.29, 1.82) is 0 Å². The first-order valence-corrected chi connectivity index (χ1v) is 13.2. The Hall–Kier alpha value is -2.09. The molecule has 2 unspecified atom stereocenters. The van der Waals surface area contributed by atoms with Crippen molar-refractivity contribution < 1.29 is 16.8 Å². The third-order valence-electron chi connectivity index (χ3n) is 3.32. The van der Waals surface area contributed by atoms with Gasteiger partial charge in [-0.15, -0.1) is 0 Å². The van der Waals surface area contributed by atoms with E-state index in [2.05, 4.69) is 0 Å². The zero-order valence-corrected chi connectivity index (χ0v) is 18.5. The number of benzene rings is 3. The van der Waals surface area contributed by atoms with Crippen molar-refractivity contribution in [2.45, 2.75) is 14.7 Å². The van der Waals surface area contributed by atoms with Crippen LogP contribution >= 0.6 is 0 Å². The molecule has 0 aromatic heterocycles. The summed E-state index contributed by atoms with van der Waals surface area (Å²) in [5.41, 5.74) is 0. The second-order valence-electron chi connectivity index (χ2n) is 5.62. The minimum absolute atomic E-state index is 0.370. The van der Waals surface area contributed by atoms with Crippen LogP contribution in [0.2, 0.25) is 0 Å². The normalized spacial score (nSPS) is 12.4. The first-order chi connectivity index (χ1) is 13.2. The van der Waals surface area contributed by atoms with E-state index >= 15 is 0 Å². The van der Waals surface area contributed by atoms with Crippen molar-refractivity contribution in [2.75, 3.05) is 18.8 Å². The Morgan fingerprint density at radius 2 is 0.857 bits per heavy atom. The quantitative estimate of drug-likeness (QED) is 0.624. The summed E-state index contributed by atoms with van der Waals surface area (Å²) in [4.78, 5) is 2.14. The molecule has 3 rings (SSSR count). The first-order valence-electron chi connectivity index (χ1n) is 8.24. The summed E-state index contributed by atoms with van der Waals surface area (Å²) >= 11 is 0. The van der Waals surface area contributed by atoms with Crippen LogP contribution < -0.4 is 0 Å². The fourth-order valence-corrected chi connectivity index (χ4v) is 3.62. The van der Waals surface area contributed by atoms with Crippen LogP contribution in [0.15, 0.2) is 106 Å². The summed E-state index contributed by atoms with van der Waals surface area (Å²) in [6, 6.07) is 27.2. The third kappa shape index (κ3) is 9.73. The third-order valence-corrected chi connectivity index (χ3v) is 6.32. The van der Waals surface area contributed by atoms with E-state index in [1.54, 1.807) is 42.8 Å². The molecule has 0 aliphatic heterocycles. The van der Waals surface area contributed by atoms with Gasteiger partial charge in [0.1, 0.15) is 0 Å². The molecular formula is C21H24O4S3. The largest absolute Gasteiger partial charge is 0.255 e. The molecule has 0 heterocycles. The fraction of sp³-hybridized carbons (Fsp3) is 0.143. The Morgan fingerprint density at radius 1 is 0.571 bits per heavy atom. The van der Waals surface area contributed by atoms with Crippen molar-refractivity contribution in [3.63, 3.8) is 0 Å². The van der Waals surface area contributed by atoms with E-state index in [1.165, 1.54) is 6.26 Å². The standard InChI is InChI=1S/C7H8O2S.2C7H8OS/c1-10(8,9)7-5-3-2-4-6-7;2*1-9(8)7-5-3-2-4-6-7/h2-6H,1H3;2*2-6H,1H3. The lowest BCUT2D eigenvalue weighted by molar-refractivity contribution is 0.602. The van der Waals surface area contributed by atoms with Gasteiger partial charge in [-0.1, -0.05) is 54.6 Å². The van der Waals surface area contributed by atoms with Gasteiger partial charge in [0.15, 0.2) is 9.84 Å². The molecular weight excluding hydrogens is 412 g/mol. The van der Waals surface area contributed by atoms with E-state index in [9.17, 15) is 16.8 Å². The molecule has 0 radical (unpaired) electrons. The van der Waals surface area contributed by atoms with Gasteiger partial charge in [0.05, 0.1) is 4.90 Å². The van der Waals surface area contributed by atoms with E-state index in [0.717, 1.165) is 9.79 Å². The number of hydrogen-bond donors (Lipinski definition) is 0. The molecule has 4 nitrogen and oxygen atoms in total. The predicted molar refractivity (Wildman–Crippen MR) is 117 cm³/mol. The summed E-state index contributed by atoms with van der Waals surface area (Å²) in [6.45, 7) is 0. The average Bonchev–Trinajstić information content (AvgIpc) is 2.70. The van der Waals surface area contributed by atoms with Crippen LogP contribution in [0.5, 0.6) is 0 Å². The van der Waals surface area contributed by atoms with Crippen LogP contribution in [0.1, 0.15) is 0 Å². The summed E-state index contributed by atoms with van der Waals surface area (Å²) in [5, 5.41) is 0. The van der Waals surface area contributed by atoms with E-state index in [0.29, 0.717) is 4.90 Å². The van der Waals surface area contributed by atoms with Crippen molar-refractivity contribution in [3.8, 4) is 0 Å². The monoisotopic (exact) mass is 436 g/mol. The molecule has 28 heavy (non-hydrogen) atoms. The lowest BCUT2D eigenvalue weighted by atomic mass is 10.4. The molecule has 0 bridgehead atoms. The molecule has 0 saturated carbocycles. The Balaban J connectivity index is 0.000000210. The Morgan fingerprint density at radius 3 is 1.04 bits per heavy atom. The number of rotatable bonds is 3. The molecule has 0 aliphatic rings. The molecule has 0 fully saturated rings. The minimum Gasteiger partial charge on any atom is -0.255 e. The van der Waals surface area contributed by atoms with Gasteiger partial charge < -0.3 is 0 Å². The van der Waals surface area contributed by atoms with Gasteiger partial charge in [-0.25, -0.2) is 8.42 Å². The molecule has 3 aromatic rings. The first kappa shape index (κ1) is 23.9. The van der Waals surface area contributed by atoms with Gasteiger partial charge in [0.25, 0.3) is 0 Å². The molecule has 0 amide bonds. The van der Waals surface area contributed by atoms with Gasteiger partial charge in [0, 0.05) is 50.2 Å². The van der Waals surface area contributed by atoms with Crippen LogP contribution in [-0.2, 0) is 31.4 Å². The van der Waals surface area contributed by atoms with E-state index in [-0.39, 0.29) is 0 Å². The fourth-order valence-electron chi connectivity index (χ4n) is 1.89. The van der Waals surface area contributed by atoms with Crippen molar-refractivity contribution >= 4 is 31.4 Å². The Kier molecular flexibility index (Phi) is 10.6. The zero-order valence-electron chi connectivity index (χ0n) is 16.0. The van der Waals surface area contributed by atoms with Gasteiger partial charge in [-0.2, -0.15) is 0 Å². The average molecular weight is 437 g/mol. The topological polar surface area (TPSA) is 68.3 Å². The highest BCUT2D eigenvalue weighted by Gasteiger charge is 2.03. The van der Waals surface area contributed by atoms with Crippen molar-refractivity contribution in [3.05, 3.63) is 91.0 Å². The molecule has 0 N–H and O–H groups in total. The van der Waals surface area contributed by atoms with Crippen molar-refractivity contribution in [2.24, 2.45) is 0 Å². The highest BCUT2D eigenvalue weighted by molar-refractivity contribution is 7.90. The molecule has 150 valence electrons. The number of sulfone groups is 1. The van der Waals surface area contributed by atoms with Crippen LogP contribution in [0.4, 0.5) is 0 Å². The second-order valence-corrected chi connectivity index (χ2v) is 10.4. The zero-order chi connectivity index (χ0) is 21.0. The molecule has 7 heteroatoms. The second kappa shape index (κ2) is 12.4. The maximum atomic E-state index is 10.8. The van der Waals surface area contributed by atoms with Gasteiger partial charge in [-0.3, -0.25) is 8.42 Å². The maximum Gasteiger partial charge on any atom is 0.175 e. The highest BCUT2D eigenvalue weighted by atomic mass is 32.2. The van der Waals surface area contributed by atoms with Crippen LogP contribution in [0, 0.1) is 0 Å². The lowest BCUT2D eigenvalue weighted by Gasteiger charge is -1.93. The molecule has 2 atom stereocenters.